The summed E-state index contributed by atoms with van der Waals surface area (Å²) in [6, 6.07) is 68.1. The van der Waals surface area contributed by atoms with Crippen LogP contribution in [-0.4, -0.2) is 28.2 Å². The van der Waals surface area contributed by atoms with Crippen molar-refractivity contribution in [1.82, 2.24) is 28.2 Å². The van der Waals surface area contributed by atoms with Gasteiger partial charge in [-0.15, -0.1) is 0 Å². The summed E-state index contributed by atoms with van der Waals surface area (Å²) >= 11 is 0. The summed E-state index contributed by atoms with van der Waals surface area (Å²) in [6.07, 6.45) is 0. The Labute approximate surface area is 371 Å². The van der Waals surface area contributed by atoms with Crippen molar-refractivity contribution in [2.45, 2.75) is 0 Å². The fraction of sp³-hybridized carbons (Fsp3) is 0. The number of para-hydroxylation sites is 8. The lowest BCUT2D eigenvalue weighted by Gasteiger charge is -2.21. The molecule has 0 radical (unpaired) electrons. The molecule has 298 valence electrons. The predicted molar refractivity (Wildman–Crippen MR) is 265 cm³/mol. The minimum atomic E-state index is -0.184. The third kappa shape index (κ3) is 4.85. The van der Waals surface area contributed by atoms with Gasteiger partial charge in [-0.25, -0.2) is 4.98 Å². The van der Waals surface area contributed by atoms with Crippen molar-refractivity contribution >= 4 is 87.2 Å². The first kappa shape index (κ1) is 32.0. The van der Waals surface area contributed by atoms with E-state index in [4.69, 9.17) is 9.97 Å². The Kier molecular flexibility index (Phi) is 6.70. The summed E-state index contributed by atoms with van der Waals surface area (Å²) in [5.41, 5.74) is 9.32. The zero-order valence-corrected chi connectivity index (χ0v) is 34.2. The third-order valence-corrected chi connectivity index (χ3v) is 13.0. The Morgan fingerprint density at radius 3 is 0.922 bits per heavy atom. The maximum absolute atomic E-state index is 10.1. The minimum absolute atomic E-state index is 0.0773. The Morgan fingerprint density at radius 2 is 0.594 bits per heavy atom. The topological polar surface area (TPSA) is 45.5 Å². The van der Waals surface area contributed by atoms with Crippen LogP contribution < -0.4 is 0 Å². The van der Waals surface area contributed by atoms with Gasteiger partial charge in [-0.1, -0.05) is 152 Å². The van der Waals surface area contributed by atoms with Gasteiger partial charge in [0.15, 0.2) is 0 Å². The standard InChI is InChI=1S/C58H36N6/c1-9-26-46-37(18-1)38-19-2-10-27-47(38)61(46)54-34-17-35-55(62-48-28-11-3-20-39(48)40-21-4-12-29-49(40)62)57(54)45-36-56(63-50-30-13-5-22-41(50)42-23-6-14-31-51(42)63)60-58(59-45)64-52-32-15-7-24-43(52)44-25-8-16-33-53(44)64/h1-36H/i17D,34D,35D. The van der Waals surface area contributed by atoms with E-state index in [1.54, 1.807) is 0 Å². The quantitative estimate of drug-likeness (QED) is 0.174. The van der Waals surface area contributed by atoms with Gasteiger partial charge in [0.1, 0.15) is 5.82 Å². The summed E-state index contributed by atoms with van der Waals surface area (Å²) < 4.78 is 38.6. The van der Waals surface area contributed by atoms with Gasteiger partial charge >= 0.3 is 0 Å². The molecule has 5 heterocycles. The molecule has 0 aliphatic carbocycles. The monoisotopic (exact) mass is 819 g/mol. The molecule has 6 heteroatoms. The van der Waals surface area contributed by atoms with Gasteiger partial charge in [0, 0.05) is 54.7 Å². The average Bonchev–Trinajstić information content (AvgIpc) is 4.11. The van der Waals surface area contributed by atoms with Crippen molar-refractivity contribution in [3.63, 3.8) is 0 Å². The first-order valence-electron chi connectivity index (χ1n) is 23.0. The van der Waals surface area contributed by atoms with Crippen LogP contribution in [0.4, 0.5) is 0 Å². The van der Waals surface area contributed by atoms with Crippen LogP contribution in [0.2, 0.25) is 0 Å². The van der Waals surface area contributed by atoms with Crippen LogP contribution in [0.15, 0.2) is 218 Å². The summed E-state index contributed by atoms with van der Waals surface area (Å²) in [5.74, 6) is 1.05. The van der Waals surface area contributed by atoms with E-state index >= 15 is 0 Å². The van der Waals surface area contributed by atoms with E-state index in [-0.39, 0.29) is 18.1 Å². The van der Waals surface area contributed by atoms with Crippen LogP contribution in [-0.2, 0) is 0 Å². The van der Waals surface area contributed by atoms with E-state index in [2.05, 4.69) is 152 Å². The van der Waals surface area contributed by atoms with Crippen molar-refractivity contribution in [3.05, 3.63) is 218 Å². The predicted octanol–water partition coefficient (Wildman–Crippen LogP) is 14.5. The molecular formula is C58H36N6. The zero-order chi connectivity index (χ0) is 44.5. The van der Waals surface area contributed by atoms with Crippen LogP contribution in [0.3, 0.4) is 0 Å². The molecule has 0 bridgehead atoms. The Balaban J connectivity index is 1.23. The van der Waals surface area contributed by atoms with Crippen molar-refractivity contribution in [2.24, 2.45) is 0 Å². The highest BCUT2D eigenvalue weighted by Crippen LogP contribution is 2.43. The SMILES string of the molecule is [2H]c1c([2H])c(-n2c3ccccc3c3ccccc32)c(-c2cc(-n3c4ccccc4c4ccccc43)nc(-n3c4ccccc4c4ccccc43)n2)c(-n2c3ccccc3c3ccccc32)c1[2H]. The Morgan fingerprint density at radius 1 is 0.312 bits per heavy atom. The highest BCUT2D eigenvalue weighted by atomic mass is 15.2. The fourth-order valence-electron chi connectivity index (χ4n) is 10.4. The van der Waals surface area contributed by atoms with E-state index < -0.39 is 0 Å². The van der Waals surface area contributed by atoms with Gasteiger partial charge in [0.25, 0.3) is 0 Å². The number of fused-ring (bicyclic) bond motifs is 12. The molecular weight excluding hydrogens is 781 g/mol. The highest BCUT2D eigenvalue weighted by Gasteiger charge is 2.25. The number of nitrogens with zero attached hydrogens (tertiary/aromatic N) is 6. The first-order chi connectivity index (χ1) is 33.0. The van der Waals surface area contributed by atoms with Gasteiger partial charge in [-0.05, 0) is 60.6 Å². The third-order valence-electron chi connectivity index (χ3n) is 13.0. The minimum Gasteiger partial charge on any atom is -0.308 e. The number of hydrogen-bond donors (Lipinski definition) is 0. The second kappa shape index (κ2) is 13.4. The van der Waals surface area contributed by atoms with Crippen molar-refractivity contribution in [3.8, 4) is 34.4 Å². The molecule has 5 aromatic heterocycles. The molecule has 0 spiro atoms. The van der Waals surface area contributed by atoms with E-state index in [0.29, 0.717) is 34.4 Å². The van der Waals surface area contributed by atoms with Crippen molar-refractivity contribution in [1.29, 1.82) is 0 Å². The van der Waals surface area contributed by atoms with E-state index in [0.717, 1.165) is 87.2 Å². The molecule has 9 aromatic carbocycles. The first-order valence-corrected chi connectivity index (χ1v) is 21.5. The largest absolute Gasteiger partial charge is 0.308 e. The molecule has 6 nitrogen and oxygen atoms in total. The summed E-state index contributed by atoms with van der Waals surface area (Å²) in [6.45, 7) is 0. The molecule has 0 atom stereocenters. The van der Waals surface area contributed by atoms with E-state index in [1.807, 2.05) is 66.7 Å². The second-order valence-electron chi connectivity index (χ2n) is 16.3. The molecule has 64 heavy (non-hydrogen) atoms. The smallest absolute Gasteiger partial charge is 0.237 e. The Bertz CT molecular complexity index is 3910. The molecule has 0 saturated carbocycles. The summed E-state index contributed by atoms with van der Waals surface area (Å²) in [4.78, 5) is 11.2. The number of hydrogen-bond acceptors (Lipinski definition) is 2. The average molecular weight is 820 g/mol. The molecule has 0 saturated heterocycles. The van der Waals surface area contributed by atoms with Crippen LogP contribution in [0.1, 0.15) is 4.11 Å². The molecule has 0 amide bonds. The maximum atomic E-state index is 10.1. The zero-order valence-electron chi connectivity index (χ0n) is 37.2. The fourth-order valence-corrected chi connectivity index (χ4v) is 10.4. The normalized spacial score (nSPS) is 12.7. The van der Waals surface area contributed by atoms with Gasteiger partial charge in [-0.2, -0.15) is 4.98 Å². The van der Waals surface area contributed by atoms with Gasteiger partial charge < -0.3 is 9.13 Å². The summed E-state index contributed by atoms with van der Waals surface area (Å²) in [7, 11) is 0. The number of aromatic nitrogens is 6. The van der Waals surface area contributed by atoms with E-state index in [1.165, 1.54) is 0 Å². The molecule has 0 aliphatic rings. The molecule has 0 unspecified atom stereocenters. The van der Waals surface area contributed by atoms with Gasteiger partial charge in [0.2, 0.25) is 5.95 Å². The van der Waals surface area contributed by atoms with Crippen LogP contribution in [0.5, 0.6) is 0 Å². The molecule has 0 fully saturated rings. The van der Waals surface area contributed by atoms with Gasteiger partial charge in [-0.3, -0.25) is 9.13 Å². The van der Waals surface area contributed by atoms with Crippen molar-refractivity contribution < 1.29 is 4.11 Å². The summed E-state index contributed by atoms with van der Waals surface area (Å²) in [5, 5.41) is 8.39. The van der Waals surface area contributed by atoms with Crippen LogP contribution in [0.25, 0.3) is 122 Å². The maximum Gasteiger partial charge on any atom is 0.237 e. The van der Waals surface area contributed by atoms with Gasteiger partial charge in [0.05, 0.1) is 65.3 Å². The second-order valence-corrected chi connectivity index (χ2v) is 16.3. The van der Waals surface area contributed by atoms with E-state index in [9.17, 15) is 4.11 Å². The lowest BCUT2D eigenvalue weighted by molar-refractivity contribution is 0.950. The van der Waals surface area contributed by atoms with Crippen molar-refractivity contribution in [2.75, 3.05) is 0 Å². The molecule has 14 rings (SSSR count). The van der Waals surface area contributed by atoms with Crippen LogP contribution >= 0.6 is 0 Å². The number of rotatable bonds is 5. The molecule has 0 N–H and O–H groups in total. The molecule has 0 aliphatic heterocycles. The number of benzene rings is 9. The molecule has 14 aromatic rings. The Hall–Kier alpha value is -8.74. The highest BCUT2D eigenvalue weighted by molar-refractivity contribution is 6.13. The lowest BCUT2D eigenvalue weighted by atomic mass is 10.0. The lowest BCUT2D eigenvalue weighted by Crippen LogP contribution is -2.10. The van der Waals surface area contributed by atoms with Crippen LogP contribution in [0, 0.1) is 0 Å².